The molecule has 1 aromatic heterocycles. The van der Waals surface area contributed by atoms with E-state index in [0.29, 0.717) is 6.04 Å². The Labute approximate surface area is 163 Å². The molecule has 3 aliphatic heterocycles. The van der Waals surface area contributed by atoms with Crippen LogP contribution in [0.2, 0.25) is 0 Å². The van der Waals surface area contributed by atoms with Gasteiger partial charge >= 0.3 is 0 Å². The van der Waals surface area contributed by atoms with Gasteiger partial charge in [0.2, 0.25) is 5.91 Å². The predicted molar refractivity (Wildman–Crippen MR) is 107 cm³/mol. The number of hydrogen-bond donors (Lipinski definition) is 1. The molecule has 0 aliphatic carbocycles. The fourth-order valence-electron chi connectivity index (χ4n) is 4.39. The lowest BCUT2D eigenvalue weighted by atomic mass is 10.1. The van der Waals surface area contributed by atoms with Crippen molar-refractivity contribution in [2.24, 2.45) is 0 Å². The number of benzene rings is 1. The number of aromatic nitrogens is 1. The molecule has 8 heteroatoms. The molecule has 0 bridgehead atoms. The molecule has 5 rings (SSSR count). The molecule has 1 amide bonds. The van der Waals surface area contributed by atoms with Crippen molar-refractivity contribution in [3.05, 3.63) is 24.3 Å². The van der Waals surface area contributed by atoms with Gasteiger partial charge in [-0.05, 0) is 18.6 Å². The maximum Gasteiger partial charge on any atom is 0.240 e. The number of carbonyl (C=O) groups excluding carboxylic acids is 1. The summed E-state index contributed by atoms with van der Waals surface area (Å²) in [6.07, 6.45) is 0.924. The molecule has 7 nitrogen and oxygen atoms in total. The molecule has 0 saturated carbocycles. The number of fused-ring (bicyclic) bond motifs is 1. The van der Waals surface area contributed by atoms with Crippen LogP contribution in [-0.2, 0) is 4.79 Å². The lowest BCUT2D eigenvalue weighted by Gasteiger charge is -2.37. The second-order valence-corrected chi connectivity index (χ2v) is 8.59. The number of anilines is 1. The second-order valence-electron chi connectivity index (χ2n) is 7.51. The summed E-state index contributed by atoms with van der Waals surface area (Å²) < 4.78 is 5.46. The van der Waals surface area contributed by atoms with Gasteiger partial charge in [0, 0.05) is 51.1 Å². The summed E-state index contributed by atoms with van der Waals surface area (Å²) in [4.78, 5) is 19.5. The molecule has 0 unspecified atom stereocenters. The van der Waals surface area contributed by atoms with Crippen LogP contribution in [0.1, 0.15) is 6.42 Å². The Morgan fingerprint density at radius 1 is 1.19 bits per heavy atom. The van der Waals surface area contributed by atoms with Crippen LogP contribution in [0, 0.1) is 0 Å². The molecule has 0 radical (unpaired) electrons. The maximum atomic E-state index is 12.6. The van der Waals surface area contributed by atoms with Crippen molar-refractivity contribution in [1.82, 2.24) is 20.3 Å². The number of piperazine rings is 1. The van der Waals surface area contributed by atoms with E-state index >= 15 is 0 Å². The standard InChI is InChI=1S/C19H25N5O2S/c25-19(24-9-10-27-13-24)16-11-14(12-20-16)22-5-7-23(8-6-22)18-15-3-1-2-4-17(15)26-21-18/h1-4,14,16,20H,5-13H2/t14-,16-/m0/s1. The van der Waals surface area contributed by atoms with Gasteiger partial charge in [-0.3, -0.25) is 9.69 Å². The zero-order chi connectivity index (χ0) is 18.2. The van der Waals surface area contributed by atoms with E-state index in [2.05, 4.69) is 26.3 Å². The van der Waals surface area contributed by atoms with Gasteiger partial charge in [0.15, 0.2) is 11.4 Å². The molecular formula is C19H25N5O2S. The van der Waals surface area contributed by atoms with Crippen molar-refractivity contribution in [3.63, 3.8) is 0 Å². The number of nitrogens with zero attached hydrogens (tertiary/aromatic N) is 4. The molecule has 3 aliphatic rings. The van der Waals surface area contributed by atoms with Crippen LogP contribution in [0.4, 0.5) is 5.82 Å². The van der Waals surface area contributed by atoms with Gasteiger partial charge in [0.25, 0.3) is 0 Å². The third kappa shape index (κ3) is 3.30. The second kappa shape index (κ2) is 7.33. The molecule has 4 heterocycles. The molecule has 0 spiro atoms. The summed E-state index contributed by atoms with van der Waals surface area (Å²) in [6.45, 7) is 5.67. The summed E-state index contributed by atoms with van der Waals surface area (Å²) >= 11 is 1.85. The lowest BCUT2D eigenvalue weighted by Crippen LogP contribution is -2.51. The van der Waals surface area contributed by atoms with Crippen molar-refractivity contribution >= 4 is 34.5 Å². The SMILES string of the molecule is O=C([C@@H]1C[C@H](N2CCN(c3noc4ccccc34)CC2)CN1)N1CCSC1. The Bertz CT molecular complexity index is 813. The smallest absolute Gasteiger partial charge is 0.240 e. The maximum absolute atomic E-state index is 12.6. The predicted octanol–water partition coefficient (Wildman–Crippen LogP) is 1.21. The first kappa shape index (κ1) is 17.3. The largest absolute Gasteiger partial charge is 0.354 e. The van der Waals surface area contributed by atoms with Crippen molar-refractivity contribution in [1.29, 1.82) is 0 Å². The Kier molecular flexibility index (Phi) is 4.71. The van der Waals surface area contributed by atoms with Crippen LogP contribution in [-0.4, -0.2) is 83.8 Å². The van der Waals surface area contributed by atoms with E-state index in [4.69, 9.17) is 4.52 Å². The summed E-state index contributed by atoms with van der Waals surface area (Å²) in [5.74, 6) is 3.16. The molecule has 2 atom stereocenters. The summed E-state index contributed by atoms with van der Waals surface area (Å²) in [5, 5.41) is 8.84. The summed E-state index contributed by atoms with van der Waals surface area (Å²) in [6, 6.07) is 8.47. The average molecular weight is 388 g/mol. The first-order valence-corrected chi connectivity index (χ1v) is 10.9. The number of thioether (sulfide) groups is 1. The number of para-hydroxylation sites is 1. The van der Waals surface area contributed by atoms with Crippen molar-refractivity contribution in [2.75, 3.05) is 55.8 Å². The molecule has 3 saturated heterocycles. The van der Waals surface area contributed by atoms with Crippen molar-refractivity contribution < 1.29 is 9.32 Å². The van der Waals surface area contributed by atoms with Gasteiger partial charge in [-0.15, -0.1) is 11.8 Å². The van der Waals surface area contributed by atoms with Gasteiger partial charge < -0.3 is 19.6 Å². The number of amides is 1. The highest BCUT2D eigenvalue weighted by Crippen LogP contribution is 2.27. The van der Waals surface area contributed by atoms with Crippen LogP contribution in [0.15, 0.2) is 28.8 Å². The van der Waals surface area contributed by atoms with Crippen LogP contribution in [0.25, 0.3) is 11.0 Å². The highest BCUT2D eigenvalue weighted by molar-refractivity contribution is 7.99. The van der Waals surface area contributed by atoms with Gasteiger partial charge in [0.05, 0.1) is 17.3 Å². The number of rotatable bonds is 3. The third-order valence-electron chi connectivity index (χ3n) is 5.96. The van der Waals surface area contributed by atoms with E-state index in [1.54, 1.807) is 0 Å². The minimum atomic E-state index is -0.00814. The monoisotopic (exact) mass is 387 g/mol. The van der Waals surface area contributed by atoms with E-state index in [1.807, 2.05) is 34.9 Å². The lowest BCUT2D eigenvalue weighted by molar-refractivity contribution is -0.131. The van der Waals surface area contributed by atoms with Gasteiger partial charge in [0.1, 0.15) is 0 Å². The highest BCUT2D eigenvalue weighted by Gasteiger charge is 2.36. The minimum Gasteiger partial charge on any atom is -0.354 e. The topological polar surface area (TPSA) is 64.9 Å². The highest BCUT2D eigenvalue weighted by atomic mass is 32.2. The van der Waals surface area contributed by atoms with Gasteiger partial charge in [-0.25, -0.2) is 0 Å². The summed E-state index contributed by atoms with van der Waals surface area (Å²) in [7, 11) is 0. The molecule has 27 heavy (non-hydrogen) atoms. The van der Waals surface area contributed by atoms with Crippen LogP contribution in [0.3, 0.4) is 0 Å². The molecule has 1 aromatic carbocycles. The zero-order valence-electron chi connectivity index (χ0n) is 15.3. The van der Waals surface area contributed by atoms with E-state index in [0.717, 1.165) is 74.1 Å². The number of hydrogen-bond acceptors (Lipinski definition) is 7. The van der Waals surface area contributed by atoms with E-state index in [-0.39, 0.29) is 11.9 Å². The molecule has 2 aromatic rings. The first-order valence-electron chi connectivity index (χ1n) is 9.73. The Hall–Kier alpha value is -1.77. The normalized spacial score (nSPS) is 27.0. The van der Waals surface area contributed by atoms with E-state index < -0.39 is 0 Å². The van der Waals surface area contributed by atoms with Gasteiger partial charge in [-0.1, -0.05) is 17.3 Å². The third-order valence-corrected chi connectivity index (χ3v) is 6.92. The molecular weight excluding hydrogens is 362 g/mol. The quantitative estimate of drug-likeness (QED) is 0.849. The van der Waals surface area contributed by atoms with Gasteiger partial charge in [-0.2, -0.15) is 0 Å². The van der Waals surface area contributed by atoms with Crippen LogP contribution >= 0.6 is 11.8 Å². The number of carbonyl (C=O) groups is 1. The Morgan fingerprint density at radius 3 is 2.85 bits per heavy atom. The minimum absolute atomic E-state index is 0.00814. The van der Waals surface area contributed by atoms with Crippen molar-refractivity contribution in [2.45, 2.75) is 18.5 Å². The number of nitrogens with one attached hydrogen (secondary N) is 1. The van der Waals surface area contributed by atoms with Crippen molar-refractivity contribution in [3.8, 4) is 0 Å². The van der Waals surface area contributed by atoms with Crippen LogP contribution in [0.5, 0.6) is 0 Å². The molecule has 1 N–H and O–H groups in total. The van der Waals surface area contributed by atoms with E-state index in [1.165, 1.54) is 0 Å². The Balaban J connectivity index is 1.18. The fourth-order valence-corrected chi connectivity index (χ4v) is 5.35. The molecule has 144 valence electrons. The van der Waals surface area contributed by atoms with Crippen LogP contribution < -0.4 is 10.2 Å². The Morgan fingerprint density at radius 2 is 2.04 bits per heavy atom. The summed E-state index contributed by atoms with van der Waals surface area (Å²) in [5.41, 5.74) is 0.844. The fraction of sp³-hybridized carbons (Fsp3) is 0.579. The average Bonchev–Trinajstić information content (AvgIpc) is 3.48. The first-order chi connectivity index (χ1) is 13.3. The molecule has 3 fully saturated rings. The van der Waals surface area contributed by atoms with E-state index in [9.17, 15) is 4.79 Å². The zero-order valence-corrected chi connectivity index (χ0v) is 16.2.